The second-order valence-corrected chi connectivity index (χ2v) is 6.51. The smallest absolute Gasteiger partial charge is 0.191 e. The van der Waals surface area contributed by atoms with E-state index in [-0.39, 0.29) is 0 Å². The monoisotopic (exact) mass is 368 g/mol. The standard InChI is InChI=1S/C22H32N4O/c1-5-23-22(25-16-20-12-7-8-13-21(20)27-4)24-15-18-10-9-11-19(14-18)17-26(3)6-2/h7-14H,5-6,15-17H2,1-4H3,(H2,23,24,25). The second-order valence-electron chi connectivity index (χ2n) is 6.51. The zero-order valence-corrected chi connectivity index (χ0v) is 17.0. The summed E-state index contributed by atoms with van der Waals surface area (Å²) in [5, 5.41) is 6.69. The predicted molar refractivity (Wildman–Crippen MR) is 113 cm³/mol. The molecular formula is C22H32N4O. The van der Waals surface area contributed by atoms with Crippen LogP contribution in [0.3, 0.4) is 0 Å². The molecular weight excluding hydrogens is 336 g/mol. The van der Waals surface area contributed by atoms with Crippen LogP contribution < -0.4 is 15.4 Å². The van der Waals surface area contributed by atoms with Crippen molar-refractivity contribution in [2.75, 3.05) is 27.2 Å². The van der Waals surface area contributed by atoms with E-state index in [0.717, 1.165) is 36.9 Å². The lowest BCUT2D eigenvalue weighted by Crippen LogP contribution is -2.36. The lowest BCUT2D eigenvalue weighted by molar-refractivity contribution is 0.345. The number of nitrogens with zero attached hydrogens (tertiary/aromatic N) is 2. The Hall–Kier alpha value is -2.53. The number of hydrogen-bond donors (Lipinski definition) is 2. The van der Waals surface area contributed by atoms with Crippen LogP contribution in [0.1, 0.15) is 30.5 Å². The van der Waals surface area contributed by atoms with E-state index in [4.69, 9.17) is 9.73 Å². The summed E-state index contributed by atoms with van der Waals surface area (Å²) in [6.07, 6.45) is 0. The number of ether oxygens (including phenoxy) is 1. The molecule has 0 radical (unpaired) electrons. The number of rotatable bonds is 9. The number of para-hydroxylation sites is 1. The first-order valence-electron chi connectivity index (χ1n) is 9.56. The summed E-state index contributed by atoms with van der Waals surface area (Å²) < 4.78 is 5.42. The first-order chi connectivity index (χ1) is 13.2. The van der Waals surface area contributed by atoms with Crippen LogP contribution in [0.2, 0.25) is 0 Å². The predicted octanol–water partition coefficient (Wildman–Crippen LogP) is 3.40. The third kappa shape index (κ3) is 6.94. The van der Waals surface area contributed by atoms with Gasteiger partial charge in [-0.1, -0.05) is 49.4 Å². The molecule has 0 bridgehead atoms. The lowest BCUT2D eigenvalue weighted by atomic mass is 10.1. The van der Waals surface area contributed by atoms with E-state index in [9.17, 15) is 0 Å². The van der Waals surface area contributed by atoms with Gasteiger partial charge in [-0.2, -0.15) is 0 Å². The minimum absolute atomic E-state index is 0.644. The van der Waals surface area contributed by atoms with E-state index < -0.39 is 0 Å². The second kappa shape index (κ2) is 11.2. The summed E-state index contributed by atoms with van der Waals surface area (Å²) in [6.45, 7) is 8.37. The van der Waals surface area contributed by atoms with Gasteiger partial charge in [0, 0.05) is 25.2 Å². The van der Waals surface area contributed by atoms with Gasteiger partial charge in [-0.3, -0.25) is 0 Å². The van der Waals surface area contributed by atoms with Gasteiger partial charge in [-0.15, -0.1) is 0 Å². The number of methoxy groups -OCH3 is 1. The molecule has 0 saturated heterocycles. The van der Waals surface area contributed by atoms with Crippen molar-refractivity contribution >= 4 is 5.96 Å². The molecule has 146 valence electrons. The number of aliphatic imine (C=N–C) groups is 1. The fourth-order valence-corrected chi connectivity index (χ4v) is 2.79. The quantitative estimate of drug-likeness (QED) is 0.526. The first-order valence-corrected chi connectivity index (χ1v) is 9.56. The van der Waals surface area contributed by atoms with Gasteiger partial charge in [0.25, 0.3) is 0 Å². The summed E-state index contributed by atoms with van der Waals surface area (Å²) in [5.41, 5.74) is 3.64. The first kappa shape index (κ1) is 20.8. The maximum atomic E-state index is 5.42. The Balaban J connectivity index is 2.01. The molecule has 0 aliphatic carbocycles. The highest BCUT2D eigenvalue weighted by Crippen LogP contribution is 2.16. The van der Waals surface area contributed by atoms with Crippen LogP contribution in [0.5, 0.6) is 5.75 Å². The van der Waals surface area contributed by atoms with Gasteiger partial charge in [0.15, 0.2) is 5.96 Å². The molecule has 0 aliphatic rings. The molecule has 0 aliphatic heterocycles. The van der Waals surface area contributed by atoms with Crippen molar-refractivity contribution in [3.05, 3.63) is 65.2 Å². The number of hydrogen-bond acceptors (Lipinski definition) is 3. The Morgan fingerprint density at radius 3 is 2.56 bits per heavy atom. The van der Waals surface area contributed by atoms with Crippen LogP contribution in [-0.2, 0) is 19.6 Å². The molecule has 0 amide bonds. The summed E-state index contributed by atoms with van der Waals surface area (Å²) in [6, 6.07) is 16.7. The molecule has 0 aromatic heterocycles. The topological polar surface area (TPSA) is 48.9 Å². The molecule has 2 aromatic rings. The molecule has 2 N–H and O–H groups in total. The summed E-state index contributed by atoms with van der Waals surface area (Å²) >= 11 is 0. The minimum Gasteiger partial charge on any atom is -0.496 e. The highest BCUT2D eigenvalue weighted by atomic mass is 16.5. The Kier molecular flexibility index (Phi) is 8.65. The third-order valence-corrected chi connectivity index (χ3v) is 4.39. The number of nitrogens with one attached hydrogen (secondary N) is 2. The average Bonchev–Trinajstić information content (AvgIpc) is 2.70. The largest absolute Gasteiger partial charge is 0.496 e. The van der Waals surface area contributed by atoms with Crippen LogP contribution >= 0.6 is 0 Å². The van der Waals surface area contributed by atoms with E-state index in [1.807, 2.05) is 18.2 Å². The van der Waals surface area contributed by atoms with Gasteiger partial charge >= 0.3 is 0 Å². The van der Waals surface area contributed by atoms with Crippen molar-refractivity contribution in [3.8, 4) is 5.75 Å². The van der Waals surface area contributed by atoms with Crippen LogP contribution in [0.25, 0.3) is 0 Å². The van der Waals surface area contributed by atoms with Crippen LogP contribution in [0.4, 0.5) is 0 Å². The molecule has 0 spiro atoms. The summed E-state index contributed by atoms with van der Waals surface area (Å²) in [5.74, 6) is 1.69. The van der Waals surface area contributed by atoms with E-state index >= 15 is 0 Å². The van der Waals surface area contributed by atoms with Gasteiger partial charge in [0.05, 0.1) is 13.7 Å². The molecule has 2 aromatic carbocycles. The van der Waals surface area contributed by atoms with Gasteiger partial charge in [-0.25, -0.2) is 4.99 Å². The van der Waals surface area contributed by atoms with E-state index in [0.29, 0.717) is 13.1 Å². The molecule has 0 unspecified atom stereocenters. The van der Waals surface area contributed by atoms with Crippen LogP contribution in [0.15, 0.2) is 53.5 Å². The fraction of sp³-hybridized carbons (Fsp3) is 0.409. The Labute approximate surface area is 163 Å². The van der Waals surface area contributed by atoms with Crippen molar-refractivity contribution in [3.63, 3.8) is 0 Å². The highest BCUT2D eigenvalue weighted by molar-refractivity contribution is 5.79. The summed E-state index contributed by atoms with van der Waals surface area (Å²) in [7, 11) is 3.83. The molecule has 2 rings (SSSR count). The van der Waals surface area contributed by atoms with Crippen molar-refractivity contribution in [2.24, 2.45) is 4.99 Å². The zero-order chi connectivity index (χ0) is 19.5. The summed E-state index contributed by atoms with van der Waals surface area (Å²) in [4.78, 5) is 7.03. The van der Waals surface area contributed by atoms with Gasteiger partial charge in [0.2, 0.25) is 0 Å². The van der Waals surface area contributed by atoms with Crippen molar-refractivity contribution < 1.29 is 4.74 Å². The zero-order valence-electron chi connectivity index (χ0n) is 17.0. The van der Waals surface area contributed by atoms with Crippen LogP contribution in [0, 0.1) is 0 Å². The molecule has 0 fully saturated rings. The molecule has 0 saturated carbocycles. The van der Waals surface area contributed by atoms with Crippen molar-refractivity contribution in [2.45, 2.75) is 33.5 Å². The lowest BCUT2D eigenvalue weighted by Gasteiger charge is -2.15. The maximum absolute atomic E-state index is 5.42. The molecule has 27 heavy (non-hydrogen) atoms. The fourth-order valence-electron chi connectivity index (χ4n) is 2.79. The van der Waals surface area contributed by atoms with Gasteiger partial charge in [-0.05, 0) is 37.7 Å². The molecule has 5 heteroatoms. The Morgan fingerprint density at radius 1 is 1.04 bits per heavy atom. The molecule has 0 atom stereocenters. The molecule has 0 heterocycles. The van der Waals surface area contributed by atoms with E-state index in [2.05, 4.69) is 66.8 Å². The van der Waals surface area contributed by atoms with Gasteiger partial charge < -0.3 is 20.3 Å². The van der Waals surface area contributed by atoms with Crippen LogP contribution in [-0.4, -0.2) is 38.1 Å². The number of guanidine groups is 1. The maximum Gasteiger partial charge on any atom is 0.191 e. The SMILES string of the molecule is CCNC(=NCc1cccc(CN(C)CC)c1)NCc1ccccc1OC. The minimum atomic E-state index is 0.644. The Bertz CT molecular complexity index is 730. The van der Waals surface area contributed by atoms with Crippen molar-refractivity contribution in [1.29, 1.82) is 0 Å². The normalized spacial score (nSPS) is 11.5. The average molecular weight is 369 g/mol. The van der Waals surface area contributed by atoms with Gasteiger partial charge in [0.1, 0.15) is 5.75 Å². The molecule has 5 nitrogen and oxygen atoms in total. The highest BCUT2D eigenvalue weighted by Gasteiger charge is 2.04. The van der Waals surface area contributed by atoms with E-state index in [1.54, 1.807) is 7.11 Å². The van der Waals surface area contributed by atoms with E-state index in [1.165, 1.54) is 11.1 Å². The Morgan fingerprint density at radius 2 is 1.81 bits per heavy atom. The third-order valence-electron chi connectivity index (χ3n) is 4.39. The van der Waals surface area contributed by atoms with Crippen molar-refractivity contribution in [1.82, 2.24) is 15.5 Å². The number of benzene rings is 2.